The molecule has 8 heteroatoms. The van der Waals surface area contributed by atoms with Crippen molar-refractivity contribution in [1.29, 1.82) is 0 Å². The van der Waals surface area contributed by atoms with Gasteiger partial charge < -0.3 is 19.7 Å². The third kappa shape index (κ3) is 4.78. The van der Waals surface area contributed by atoms with Gasteiger partial charge in [-0.05, 0) is 111 Å². The molecule has 0 aromatic carbocycles. The van der Waals surface area contributed by atoms with Gasteiger partial charge in [-0.15, -0.1) is 0 Å². The zero-order chi connectivity index (χ0) is 30.4. The third-order valence-electron chi connectivity index (χ3n) is 13.8. The molecule has 0 aliphatic heterocycles. The van der Waals surface area contributed by atoms with Crippen molar-refractivity contribution in [2.75, 3.05) is 0 Å². The molecule has 0 amide bonds. The van der Waals surface area contributed by atoms with Crippen LogP contribution in [-0.4, -0.2) is 34.9 Å². The predicted molar refractivity (Wildman–Crippen MR) is 151 cm³/mol. The molecule has 0 saturated heterocycles. The van der Waals surface area contributed by atoms with Crippen LogP contribution in [0.25, 0.3) is 0 Å². The van der Waals surface area contributed by atoms with Gasteiger partial charge >= 0.3 is 41.5 Å². The van der Waals surface area contributed by atoms with E-state index in [2.05, 4.69) is 41.5 Å². The molecule has 1 N–H and O–H groups in total. The molecule has 0 radical (unpaired) electrons. The SMILES string of the molecule is CC1(C)[C@@H](OC(=O)CCC(=O)[O-])CC[C@]2(C)[C@H]3C(=O)C=C4[C@@H]5C[C@@](C)(C(=O)O)CC[C@]5(C)CC[C@@]4(C)[C@]3(C)CC[C@@H]12.[Na+]. The van der Waals surface area contributed by atoms with Crippen LogP contribution in [-0.2, 0) is 23.9 Å². The fraction of sp³-hybridized carbons (Fsp3) is 0.824. The summed E-state index contributed by atoms with van der Waals surface area (Å²) in [5, 5.41) is 21.0. The van der Waals surface area contributed by atoms with Crippen LogP contribution in [0.15, 0.2) is 11.6 Å². The van der Waals surface area contributed by atoms with Crippen molar-refractivity contribution >= 4 is 23.7 Å². The number of carbonyl (C=O) groups excluding carboxylic acids is 3. The molecule has 4 saturated carbocycles. The fourth-order valence-electron chi connectivity index (χ4n) is 11.0. The molecule has 228 valence electrons. The summed E-state index contributed by atoms with van der Waals surface area (Å²) < 4.78 is 5.88. The number of rotatable bonds is 5. The van der Waals surface area contributed by atoms with Gasteiger partial charge in [-0.25, -0.2) is 0 Å². The minimum absolute atomic E-state index is 0. The van der Waals surface area contributed by atoms with Crippen LogP contribution < -0.4 is 34.7 Å². The second kappa shape index (κ2) is 10.7. The zero-order valence-electron chi connectivity index (χ0n) is 27.1. The molecule has 0 spiro atoms. The monoisotopic (exact) mass is 592 g/mol. The number of ether oxygens (including phenoxy) is 1. The van der Waals surface area contributed by atoms with Crippen LogP contribution >= 0.6 is 0 Å². The van der Waals surface area contributed by atoms with Crippen LogP contribution in [0.2, 0.25) is 0 Å². The quantitative estimate of drug-likeness (QED) is 0.385. The van der Waals surface area contributed by atoms with E-state index in [0.717, 1.165) is 38.5 Å². The average Bonchev–Trinajstić information content (AvgIpc) is 2.86. The number of aliphatic carboxylic acids is 2. The molecule has 4 fully saturated rings. The molecule has 0 unspecified atom stereocenters. The van der Waals surface area contributed by atoms with Crippen LogP contribution in [0.1, 0.15) is 119 Å². The first kappa shape index (κ1) is 33.7. The van der Waals surface area contributed by atoms with Gasteiger partial charge in [0.2, 0.25) is 0 Å². The summed E-state index contributed by atoms with van der Waals surface area (Å²) in [7, 11) is 0. The van der Waals surface area contributed by atoms with Crippen molar-refractivity contribution < 1.29 is 63.7 Å². The Morgan fingerprint density at radius 1 is 0.929 bits per heavy atom. The van der Waals surface area contributed by atoms with E-state index in [4.69, 9.17) is 4.74 Å². The van der Waals surface area contributed by atoms with Crippen LogP contribution in [0, 0.1) is 50.2 Å². The maximum Gasteiger partial charge on any atom is 1.00 e. The molecular formula is C34H49NaO7. The summed E-state index contributed by atoms with van der Waals surface area (Å²) >= 11 is 0. The van der Waals surface area contributed by atoms with E-state index in [-0.39, 0.29) is 99.1 Å². The Labute approximate surface area is 273 Å². The number of esters is 1. The molecule has 5 rings (SSSR count). The summed E-state index contributed by atoms with van der Waals surface area (Å²) in [6.07, 6.45) is 8.54. The minimum atomic E-state index is -1.26. The summed E-state index contributed by atoms with van der Waals surface area (Å²) in [5.41, 5.74) is -0.603. The Kier molecular flexibility index (Phi) is 8.60. The van der Waals surface area contributed by atoms with E-state index in [1.807, 2.05) is 13.0 Å². The minimum Gasteiger partial charge on any atom is -0.550 e. The first-order chi connectivity index (χ1) is 18.8. The molecule has 5 aliphatic carbocycles. The number of carboxylic acid groups (broad SMARTS) is 2. The molecule has 42 heavy (non-hydrogen) atoms. The van der Waals surface area contributed by atoms with Crippen molar-refractivity contribution in [3.05, 3.63) is 11.6 Å². The van der Waals surface area contributed by atoms with Crippen LogP contribution in [0.3, 0.4) is 0 Å². The van der Waals surface area contributed by atoms with Gasteiger partial charge in [0.1, 0.15) is 6.10 Å². The number of hydrogen-bond acceptors (Lipinski definition) is 6. The van der Waals surface area contributed by atoms with Crippen molar-refractivity contribution in [2.24, 2.45) is 50.2 Å². The second-order valence-electron chi connectivity index (χ2n) is 16.3. The molecule has 0 bridgehead atoms. The summed E-state index contributed by atoms with van der Waals surface area (Å²) in [4.78, 5) is 50.1. The fourth-order valence-corrected chi connectivity index (χ4v) is 11.0. The van der Waals surface area contributed by atoms with Gasteiger partial charge in [0.25, 0.3) is 0 Å². The van der Waals surface area contributed by atoms with Gasteiger partial charge in [-0.1, -0.05) is 47.1 Å². The predicted octanol–water partition coefficient (Wildman–Crippen LogP) is 2.50. The summed E-state index contributed by atoms with van der Waals surface area (Å²) in [6.45, 7) is 15.5. The van der Waals surface area contributed by atoms with E-state index < -0.39 is 23.3 Å². The van der Waals surface area contributed by atoms with E-state index in [1.54, 1.807) is 0 Å². The average molecular weight is 593 g/mol. The van der Waals surface area contributed by atoms with Crippen molar-refractivity contribution in [1.82, 2.24) is 0 Å². The Bertz CT molecular complexity index is 1210. The van der Waals surface area contributed by atoms with Crippen molar-refractivity contribution in [2.45, 2.75) is 125 Å². The number of ketones is 1. The first-order valence-corrected chi connectivity index (χ1v) is 15.7. The van der Waals surface area contributed by atoms with E-state index in [1.165, 1.54) is 5.57 Å². The topological polar surface area (TPSA) is 121 Å². The van der Waals surface area contributed by atoms with Gasteiger partial charge in [0.05, 0.1) is 11.8 Å². The Hall–Kier alpha value is -1.18. The Balaban J connectivity index is 0.00000405. The maximum absolute atomic E-state index is 14.4. The zero-order valence-corrected chi connectivity index (χ0v) is 29.1. The molecule has 0 aromatic heterocycles. The second-order valence-corrected chi connectivity index (χ2v) is 16.3. The van der Waals surface area contributed by atoms with Crippen molar-refractivity contribution in [3.63, 3.8) is 0 Å². The van der Waals surface area contributed by atoms with E-state index >= 15 is 0 Å². The standard InChI is InChI=1S/C34H50O7.Na/c1-29(2)23-10-13-34(7)27(32(23,5)12-11-24(29)41-26(38)9-8-25(36)37)22(35)18-20-21-19-31(4,28(39)40)15-14-30(21,3)16-17-33(20,34)6;/h18,21,23-24,27H,8-17,19H2,1-7H3,(H,36,37)(H,39,40);/q;+1/p-1/t21-,23-,24-,27+,30+,31-,32-,33+,34+;/m0./s1. The number of hydrogen-bond donors (Lipinski definition) is 1. The van der Waals surface area contributed by atoms with Gasteiger partial charge in [0, 0.05) is 17.3 Å². The Morgan fingerprint density at radius 3 is 2.19 bits per heavy atom. The molecule has 9 atom stereocenters. The molecule has 0 aromatic rings. The molecular weight excluding hydrogens is 543 g/mol. The number of fused-ring (bicyclic) bond motifs is 7. The summed E-state index contributed by atoms with van der Waals surface area (Å²) in [5.74, 6) is -2.19. The largest absolute Gasteiger partial charge is 1.00 e. The maximum atomic E-state index is 14.4. The van der Waals surface area contributed by atoms with Gasteiger partial charge in [0.15, 0.2) is 5.78 Å². The number of carboxylic acids is 2. The number of carbonyl (C=O) groups is 4. The van der Waals surface area contributed by atoms with Crippen LogP contribution in [0.4, 0.5) is 0 Å². The van der Waals surface area contributed by atoms with E-state index in [0.29, 0.717) is 19.3 Å². The third-order valence-corrected chi connectivity index (χ3v) is 13.8. The van der Waals surface area contributed by atoms with Crippen LogP contribution in [0.5, 0.6) is 0 Å². The van der Waals surface area contributed by atoms with Gasteiger partial charge in [-0.3, -0.25) is 14.4 Å². The van der Waals surface area contributed by atoms with Crippen molar-refractivity contribution in [3.8, 4) is 0 Å². The first-order valence-electron chi connectivity index (χ1n) is 15.7. The normalized spacial score (nSPS) is 45.5. The Morgan fingerprint density at radius 2 is 1.57 bits per heavy atom. The smallest absolute Gasteiger partial charge is 0.550 e. The van der Waals surface area contributed by atoms with Gasteiger partial charge in [-0.2, -0.15) is 0 Å². The van der Waals surface area contributed by atoms with E-state index in [9.17, 15) is 29.4 Å². The number of allylic oxidation sites excluding steroid dienone is 2. The molecule has 7 nitrogen and oxygen atoms in total. The molecule has 5 aliphatic rings. The summed E-state index contributed by atoms with van der Waals surface area (Å²) in [6, 6.07) is 0. The molecule has 0 heterocycles.